The van der Waals surface area contributed by atoms with Crippen LogP contribution in [-0.4, -0.2) is 38.6 Å². The number of rotatable bonds is 5. The number of benzene rings is 2. The van der Waals surface area contributed by atoms with Crippen LogP contribution in [0, 0.1) is 5.82 Å². The van der Waals surface area contributed by atoms with Crippen LogP contribution in [0.1, 0.15) is 30.4 Å². The number of anilines is 3. The lowest BCUT2D eigenvalue weighted by Gasteiger charge is -2.26. The van der Waals surface area contributed by atoms with Gasteiger partial charge in [0.15, 0.2) is 5.82 Å². The summed E-state index contributed by atoms with van der Waals surface area (Å²) in [5, 5.41) is 8.96. The van der Waals surface area contributed by atoms with Crippen LogP contribution in [0.25, 0.3) is 16.6 Å². The Balaban J connectivity index is 1.37. The second kappa shape index (κ2) is 10.3. The molecule has 198 valence electrons. The summed E-state index contributed by atoms with van der Waals surface area (Å²) < 4.78 is 54.6. The van der Waals surface area contributed by atoms with E-state index in [0.717, 1.165) is 49.2 Å². The third-order valence-electron chi connectivity index (χ3n) is 6.50. The average molecular weight is 528 g/mol. The Labute approximate surface area is 215 Å². The molecule has 8 nitrogen and oxygen atoms in total. The standard InChI is InChI=1S/C26H25F4N7O/c27-20-9-6-18(26(28,29)30)12-21(20)35-25(38)34-19-7-4-16(5-8-19)22-17(13-36-10-2-1-3-11-36)14-37-23(22)24(31)32-15-33-37/h4-9,12,14-15H,1-3,10-11,13H2,(H2,31,32,33)(H2,34,35,38). The summed E-state index contributed by atoms with van der Waals surface area (Å²) >= 11 is 0. The first kappa shape index (κ1) is 25.5. The van der Waals surface area contributed by atoms with Crippen LogP contribution in [-0.2, 0) is 12.7 Å². The lowest BCUT2D eigenvalue weighted by molar-refractivity contribution is -0.137. The van der Waals surface area contributed by atoms with Gasteiger partial charge in [-0.1, -0.05) is 18.6 Å². The zero-order valence-electron chi connectivity index (χ0n) is 20.2. The summed E-state index contributed by atoms with van der Waals surface area (Å²) in [5.41, 5.74) is 8.36. The van der Waals surface area contributed by atoms with Crippen molar-refractivity contribution in [1.82, 2.24) is 19.5 Å². The van der Waals surface area contributed by atoms with Crippen LogP contribution >= 0.6 is 0 Å². The SMILES string of the molecule is Nc1ncnn2cc(CN3CCCCC3)c(-c3ccc(NC(=O)Nc4cc(C(F)(F)F)ccc4F)cc3)c12. The van der Waals surface area contributed by atoms with E-state index in [4.69, 9.17) is 5.73 Å². The van der Waals surface area contributed by atoms with E-state index in [-0.39, 0.29) is 0 Å². The second-order valence-electron chi connectivity index (χ2n) is 9.15. The number of likely N-dealkylation sites (tertiary alicyclic amines) is 1. The van der Waals surface area contributed by atoms with Gasteiger partial charge in [-0.15, -0.1) is 0 Å². The normalized spacial score (nSPS) is 14.5. The summed E-state index contributed by atoms with van der Waals surface area (Å²) in [6.45, 7) is 2.75. The number of amides is 2. The van der Waals surface area contributed by atoms with Crippen LogP contribution < -0.4 is 16.4 Å². The van der Waals surface area contributed by atoms with Crippen molar-refractivity contribution in [1.29, 1.82) is 0 Å². The highest BCUT2D eigenvalue weighted by Gasteiger charge is 2.31. The third kappa shape index (κ3) is 5.40. The number of piperidine rings is 1. The first-order valence-corrected chi connectivity index (χ1v) is 12.1. The topological polar surface area (TPSA) is 101 Å². The number of alkyl halides is 3. The predicted octanol–water partition coefficient (Wildman–Crippen LogP) is 5.77. The van der Waals surface area contributed by atoms with Crippen LogP contribution in [0.5, 0.6) is 0 Å². The predicted molar refractivity (Wildman–Crippen MR) is 136 cm³/mol. The summed E-state index contributed by atoms with van der Waals surface area (Å²) in [6, 6.07) is 7.81. The molecule has 4 aromatic rings. The number of halogens is 4. The summed E-state index contributed by atoms with van der Waals surface area (Å²) in [6.07, 6.45) is 2.20. The fourth-order valence-corrected chi connectivity index (χ4v) is 4.69. The van der Waals surface area contributed by atoms with Crippen LogP contribution in [0.15, 0.2) is 55.0 Å². The molecule has 1 fully saturated rings. The number of carbonyl (C=O) groups excluding carboxylic acids is 1. The molecule has 1 aliphatic rings. The molecule has 0 spiro atoms. The molecule has 0 unspecified atom stereocenters. The van der Waals surface area contributed by atoms with Gasteiger partial charge in [-0.2, -0.15) is 18.3 Å². The number of aromatic nitrogens is 3. The van der Waals surface area contributed by atoms with Crippen molar-refractivity contribution in [2.45, 2.75) is 32.0 Å². The number of nitrogen functional groups attached to an aromatic ring is 1. The Morgan fingerprint density at radius 2 is 1.76 bits per heavy atom. The van der Waals surface area contributed by atoms with Crippen LogP contribution in [0.2, 0.25) is 0 Å². The van der Waals surface area contributed by atoms with Crippen molar-refractivity contribution in [3.63, 3.8) is 0 Å². The molecule has 0 saturated carbocycles. The molecule has 2 aromatic heterocycles. The van der Waals surface area contributed by atoms with E-state index in [0.29, 0.717) is 35.2 Å². The molecule has 1 aliphatic heterocycles. The minimum Gasteiger partial charge on any atom is -0.382 e. The van der Waals surface area contributed by atoms with Gasteiger partial charge in [-0.05, 0) is 67.4 Å². The number of hydrogen-bond donors (Lipinski definition) is 3. The largest absolute Gasteiger partial charge is 0.416 e. The highest BCUT2D eigenvalue weighted by atomic mass is 19.4. The highest BCUT2D eigenvalue weighted by molar-refractivity contribution is 6.00. The van der Waals surface area contributed by atoms with E-state index in [1.807, 2.05) is 6.20 Å². The number of fused-ring (bicyclic) bond motifs is 1. The zero-order chi connectivity index (χ0) is 26.9. The molecule has 12 heteroatoms. The fourth-order valence-electron chi connectivity index (χ4n) is 4.69. The second-order valence-corrected chi connectivity index (χ2v) is 9.15. The molecular weight excluding hydrogens is 502 g/mol. The molecule has 0 aliphatic carbocycles. The van der Waals surface area contributed by atoms with E-state index in [9.17, 15) is 22.4 Å². The molecule has 38 heavy (non-hydrogen) atoms. The van der Waals surface area contributed by atoms with Gasteiger partial charge in [0.1, 0.15) is 17.7 Å². The van der Waals surface area contributed by atoms with Gasteiger partial charge in [-0.25, -0.2) is 18.7 Å². The molecule has 5 rings (SSSR count). The zero-order valence-corrected chi connectivity index (χ0v) is 20.2. The van der Waals surface area contributed by atoms with E-state index < -0.39 is 29.3 Å². The van der Waals surface area contributed by atoms with E-state index in [1.54, 1.807) is 28.8 Å². The summed E-state index contributed by atoms with van der Waals surface area (Å²) in [7, 11) is 0. The van der Waals surface area contributed by atoms with Crippen LogP contribution in [0.4, 0.5) is 39.5 Å². The number of carbonyl (C=O) groups is 1. The fraction of sp³-hybridized carbons (Fsp3) is 0.269. The van der Waals surface area contributed by atoms with E-state index >= 15 is 0 Å². The highest BCUT2D eigenvalue weighted by Crippen LogP contribution is 2.35. The first-order chi connectivity index (χ1) is 18.2. The Morgan fingerprint density at radius 3 is 2.47 bits per heavy atom. The molecule has 0 atom stereocenters. The maximum absolute atomic E-state index is 14.0. The molecule has 0 bridgehead atoms. The molecule has 0 radical (unpaired) electrons. The monoisotopic (exact) mass is 527 g/mol. The van der Waals surface area contributed by atoms with E-state index in [2.05, 4.69) is 25.6 Å². The van der Waals surface area contributed by atoms with Crippen molar-refractivity contribution < 1.29 is 22.4 Å². The first-order valence-electron chi connectivity index (χ1n) is 12.1. The van der Waals surface area contributed by atoms with Crippen molar-refractivity contribution in [2.24, 2.45) is 0 Å². The molecular formula is C26H25F4N7O. The number of nitrogens with zero attached hydrogens (tertiary/aromatic N) is 4. The van der Waals surface area contributed by atoms with Crippen molar-refractivity contribution in [3.05, 3.63) is 71.9 Å². The van der Waals surface area contributed by atoms with Gasteiger partial charge >= 0.3 is 12.2 Å². The average Bonchev–Trinajstić information content (AvgIpc) is 3.25. The van der Waals surface area contributed by atoms with Gasteiger partial charge < -0.3 is 16.4 Å². The van der Waals surface area contributed by atoms with Crippen molar-refractivity contribution in [3.8, 4) is 11.1 Å². The minimum absolute atomic E-state index is 0.338. The number of hydrogen-bond acceptors (Lipinski definition) is 5. The van der Waals surface area contributed by atoms with E-state index in [1.165, 1.54) is 12.7 Å². The maximum Gasteiger partial charge on any atom is 0.416 e. The molecule has 1 saturated heterocycles. The van der Waals surface area contributed by atoms with Gasteiger partial charge in [0.2, 0.25) is 0 Å². The maximum atomic E-state index is 14.0. The van der Waals surface area contributed by atoms with Crippen molar-refractivity contribution in [2.75, 3.05) is 29.5 Å². The quantitative estimate of drug-likeness (QED) is 0.286. The third-order valence-corrected chi connectivity index (χ3v) is 6.50. The molecule has 4 N–H and O–H groups in total. The molecule has 3 heterocycles. The molecule has 2 amide bonds. The Hall–Kier alpha value is -4.19. The Bertz CT molecular complexity index is 1460. The number of urea groups is 1. The lowest BCUT2D eigenvalue weighted by Crippen LogP contribution is -2.29. The minimum atomic E-state index is -4.67. The van der Waals surface area contributed by atoms with Crippen LogP contribution in [0.3, 0.4) is 0 Å². The molecule has 2 aromatic carbocycles. The van der Waals surface area contributed by atoms with Gasteiger partial charge in [0, 0.05) is 24.0 Å². The van der Waals surface area contributed by atoms with Gasteiger partial charge in [0.25, 0.3) is 0 Å². The smallest absolute Gasteiger partial charge is 0.382 e. The Morgan fingerprint density at radius 1 is 1.03 bits per heavy atom. The van der Waals surface area contributed by atoms with Gasteiger partial charge in [0.05, 0.1) is 11.3 Å². The Kier molecular flexibility index (Phi) is 6.89. The lowest BCUT2D eigenvalue weighted by atomic mass is 10.0. The van der Waals surface area contributed by atoms with Crippen molar-refractivity contribution >= 4 is 28.7 Å². The van der Waals surface area contributed by atoms with Gasteiger partial charge in [-0.3, -0.25) is 4.90 Å². The summed E-state index contributed by atoms with van der Waals surface area (Å²) in [4.78, 5) is 18.9. The number of nitrogens with one attached hydrogen (secondary N) is 2. The number of nitrogens with two attached hydrogens (primary N) is 1. The summed E-state index contributed by atoms with van der Waals surface area (Å²) in [5.74, 6) is -0.644.